The third-order valence-electron chi connectivity index (χ3n) is 13.3. The van der Waals surface area contributed by atoms with Crippen molar-refractivity contribution in [2.75, 3.05) is 6.61 Å². The Labute approximate surface area is 202 Å². The van der Waals surface area contributed by atoms with Crippen molar-refractivity contribution in [2.24, 2.45) is 50.2 Å². The van der Waals surface area contributed by atoms with Crippen molar-refractivity contribution in [3.63, 3.8) is 0 Å². The van der Waals surface area contributed by atoms with Crippen LogP contribution >= 0.6 is 0 Å². The lowest BCUT2D eigenvalue weighted by Gasteiger charge is -2.71. The average molecular weight is 459 g/mol. The van der Waals surface area contributed by atoms with Gasteiger partial charge in [0.05, 0.1) is 12.2 Å². The second-order valence-electron chi connectivity index (χ2n) is 15.1. The summed E-state index contributed by atoms with van der Waals surface area (Å²) < 4.78 is 0. The Hall–Kier alpha value is -0.380. The van der Waals surface area contributed by atoms with Crippen LogP contribution in [0.2, 0.25) is 0 Å². The van der Waals surface area contributed by atoms with Crippen molar-refractivity contribution >= 4 is 0 Å². The first-order valence-corrected chi connectivity index (χ1v) is 13.9. The lowest BCUT2D eigenvalue weighted by molar-refractivity contribution is -0.211. The second-order valence-corrected chi connectivity index (χ2v) is 15.1. The summed E-state index contributed by atoms with van der Waals surface area (Å²) in [4.78, 5) is 0. The molecule has 0 aliphatic heterocycles. The van der Waals surface area contributed by atoms with E-state index in [1.165, 1.54) is 18.4 Å². The van der Waals surface area contributed by atoms with E-state index in [9.17, 15) is 15.3 Å². The topological polar surface area (TPSA) is 60.7 Å². The van der Waals surface area contributed by atoms with Crippen LogP contribution in [-0.4, -0.2) is 34.1 Å². The highest BCUT2D eigenvalue weighted by Gasteiger charge is 2.69. The van der Waals surface area contributed by atoms with E-state index in [2.05, 4.69) is 54.5 Å². The quantitative estimate of drug-likeness (QED) is 0.415. The third kappa shape index (κ3) is 2.85. The molecule has 188 valence electrons. The van der Waals surface area contributed by atoms with Gasteiger partial charge in [-0.25, -0.2) is 0 Å². The first-order valence-electron chi connectivity index (χ1n) is 13.9. The minimum absolute atomic E-state index is 0.0264. The molecule has 9 atom stereocenters. The molecule has 3 heteroatoms. The molecule has 5 aliphatic carbocycles. The maximum Gasteiger partial charge on any atom is 0.0662 e. The van der Waals surface area contributed by atoms with Crippen LogP contribution in [0.15, 0.2) is 11.6 Å². The molecule has 0 spiro atoms. The number of aliphatic hydroxyl groups excluding tert-OH is 3. The molecule has 0 unspecified atom stereocenters. The van der Waals surface area contributed by atoms with E-state index >= 15 is 0 Å². The Kier molecular flexibility index (Phi) is 5.23. The Morgan fingerprint density at radius 3 is 2.15 bits per heavy atom. The summed E-state index contributed by atoms with van der Waals surface area (Å²) in [6, 6.07) is 0. The summed E-state index contributed by atoms with van der Waals surface area (Å²) in [6.07, 6.45) is 11.7. The van der Waals surface area contributed by atoms with Gasteiger partial charge in [-0.3, -0.25) is 0 Å². The molecular weight excluding hydrogens is 408 g/mol. The van der Waals surface area contributed by atoms with Crippen molar-refractivity contribution in [1.29, 1.82) is 0 Å². The minimum atomic E-state index is -0.389. The molecule has 0 aromatic rings. The fourth-order valence-corrected chi connectivity index (χ4v) is 10.6. The van der Waals surface area contributed by atoms with Crippen LogP contribution in [0.25, 0.3) is 0 Å². The van der Waals surface area contributed by atoms with E-state index in [0.717, 1.165) is 44.9 Å². The molecule has 33 heavy (non-hydrogen) atoms. The van der Waals surface area contributed by atoms with Crippen LogP contribution in [0.3, 0.4) is 0 Å². The van der Waals surface area contributed by atoms with Gasteiger partial charge in [0.2, 0.25) is 0 Å². The Morgan fingerprint density at radius 1 is 0.818 bits per heavy atom. The molecule has 3 nitrogen and oxygen atoms in total. The molecule has 4 saturated carbocycles. The van der Waals surface area contributed by atoms with Crippen LogP contribution in [0.5, 0.6) is 0 Å². The summed E-state index contributed by atoms with van der Waals surface area (Å²) in [6.45, 7) is 16.9. The van der Waals surface area contributed by atoms with Crippen molar-refractivity contribution in [3.8, 4) is 0 Å². The van der Waals surface area contributed by atoms with Gasteiger partial charge in [-0.15, -0.1) is 0 Å². The van der Waals surface area contributed by atoms with E-state index in [0.29, 0.717) is 11.8 Å². The van der Waals surface area contributed by atoms with Crippen LogP contribution in [0, 0.1) is 50.2 Å². The SMILES string of the molecule is CC1(C)CC[C@]2(CO)CC[C@]3(C)C(=CC[C@@H]4[C@@]5(C)CC[C@H](O)C(C)(C)[C@H]5CC[C@]43C)[C@H]2[C@@H]1O. The summed E-state index contributed by atoms with van der Waals surface area (Å²) in [5.74, 6) is 1.25. The predicted octanol–water partition coefficient (Wildman–Crippen LogP) is 6.11. The van der Waals surface area contributed by atoms with Gasteiger partial charge in [0.15, 0.2) is 0 Å². The number of hydrogen-bond acceptors (Lipinski definition) is 3. The summed E-state index contributed by atoms with van der Waals surface area (Å²) in [5, 5.41) is 33.3. The van der Waals surface area contributed by atoms with Crippen molar-refractivity contribution in [1.82, 2.24) is 0 Å². The largest absolute Gasteiger partial charge is 0.396 e. The fraction of sp³-hybridized carbons (Fsp3) is 0.933. The average Bonchev–Trinajstić information content (AvgIpc) is 2.74. The zero-order valence-corrected chi connectivity index (χ0v) is 22.4. The number of allylic oxidation sites excluding steroid dienone is 1. The second kappa shape index (κ2) is 7.10. The normalized spacial score (nSPS) is 54.8. The highest BCUT2D eigenvalue weighted by atomic mass is 16.3. The molecule has 0 bridgehead atoms. The molecule has 0 amide bonds. The maximum absolute atomic E-state index is 11.7. The van der Waals surface area contributed by atoms with E-state index in [1.54, 1.807) is 0 Å². The van der Waals surface area contributed by atoms with Crippen molar-refractivity contribution in [3.05, 3.63) is 11.6 Å². The van der Waals surface area contributed by atoms with Crippen LogP contribution < -0.4 is 0 Å². The molecular formula is C30H50O3. The zero-order chi connectivity index (χ0) is 24.2. The molecule has 0 heterocycles. The predicted molar refractivity (Wildman–Crippen MR) is 134 cm³/mol. The summed E-state index contributed by atoms with van der Waals surface area (Å²) in [7, 11) is 0. The Bertz CT molecular complexity index is 843. The van der Waals surface area contributed by atoms with E-state index in [4.69, 9.17) is 0 Å². The van der Waals surface area contributed by atoms with Gasteiger partial charge in [0, 0.05) is 17.9 Å². The molecule has 3 N–H and O–H groups in total. The molecule has 4 fully saturated rings. The van der Waals surface area contributed by atoms with Gasteiger partial charge in [-0.1, -0.05) is 60.1 Å². The number of hydrogen-bond donors (Lipinski definition) is 3. The van der Waals surface area contributed by atoms with Gasteiger partial charge >= 0.3 is 0 Å². The van der Waals surface area contributed by atoms with E-state index < -0.39 is 0 Å². The van der Waals surface area contributed by atoms with Crippen molar-refractivity contribution < 1.29 is 15.3 Å². The minimum Gasteiger partial charge on any atom is -0.396 e. The number of aliphatic hydroxyl groups is 3. The molecule has 0 aromatic heterocycles. The van der Waals surface area contributed by atoms with Crippen molar-refractivity contribution in [2.45, 2.75) is 118 Å². The van der Waals surface area contributed by atoms with Gasteiger partial charge in [-0.05, 0) is 96.7 Å². The van der Waals surface area contributed by atoms with Crippen LogP contribution in [0.4, 0.5) is 0 Å². The molecule has 5 rings (SSSR count). The van der Waals surface area contributed by atoms with Gasteiger partial charge < -0.3 is 15.3 Å². The molecule has 0 aromatic carbocycles. The molecule has 5 aliphatic rings. The molecule has 0 radical (unpaired) electrons. The number of rotatable bonds is 1. The Morgan fingerprint density at radius 2 is 1.48 bits per heavy atom. The zero-order valence-electron chi connectivity index (χ0n) is 22.4. The van der Waals surface area contributed by atoms with Gasteiger partial charge in [0.1, 0.15) is 0 Å². The van der Waals surface area contributed by atoms with Crippen LogP contribution in [0.1, 0.15) is 106 Å². The van der Waals surface area contributed by atoms with E-state index in [1.807, 2.05) is 0 Å². The lowest BCUT2D eigenvalue weighted by Crippen LogP contribution is -2.66. The standard InChI is InChI=1S/C30H50O3/c1-25(2)14-16-30(18-31)17-15-28(6)19(23(30)24(25)33)8-9-21-27(5)12-11-22(32)26(3,4)20(27)10-13-29(21,28)7/h8,20-24,31-33H,9-18H2,1-7H3/t20-,21-,22+,23+,24+,27+,28-,29-,30-/m1/s1. The fourth-order valence-electron chi connectivity index (χ4n) is 10.6. The molecule has 0 saturated heterocycles. The summed E-state index contributed by atoms with van der Waals surface area (Å²) >= 11 is 0. The summed E-state index contributed by atoms with van der Waals surface area (Å²) in [5.41, 5.74) is 1.72. The van der Waals surface area contributed by atoms with Crippen LogP contribution in [-0.2, 0) is 0 Å². The maximum atomic E-state index is 11.7. The first-order chi connectivity index (χ1) is 15.2. The highest BCUT2D eigenvalue weighted by molar-refractivity contribution is 5.35. The first kappa shape index (κ1) is 24.3. The Balaban J connectivity index is 1.60. The van der Waals surface area contributed by atoms with E-state index in [-0.39, 0.29) is 57.2 Å². The van der Waals surface area contributed by atoms with Gasteiger partial charge in [-0.2, -0.15) is 0 Å². The smallest absolute Gasteiger partial charge is 0.0662 e. The van der Waals surface area contributed by atoms with Gasteiger partial charge in [0.25, 0.3) is 0 Å². The number of fused-ring (bicyclic) bond motifs is 7. The lowest BCUT2D eigenvalue weighted by atomic mass is 9.33. The monoisotopic (exact) mass is 458 g/mol. The third-order valence-corrected chi connectivity index (χ3v) is 13.3. The highest BCUT2D eigenvalue weighted by Crippen LogP contribution is 2.75.